The normalized spacial score (nSPS) is 18.6. The number of carbonyl (C=O) groups excluding carboxylic acids is 2. The number of hydrogen-bond acceptors (Lipinski definition) is 2. The molecule has 180 valence electrons. The van der Waals surface area contributed by atoms with E-state index in [1.807, 2.05) is 103 Å². The number of ketones is 1. The lowest BCUT2D eigenvalue weighted by molar-refractivity contribution is -0.121. The topological polar surface area (TPSA) is 46.5 Å². The van der Waals surface area contributed by atoms with Crippen molar-refractivity contribution in [2.24, 2.45) is 4.99 Å². The molecule has 1 aliphatic carbocycles. The van der Waals surface area contributed by atoms with Gasteiger partial charge in [0.25, 0.3) is 5.91 Å². The number of aliphatic imine (C=N–C) groups is 1. The molecular formula is C35H23NO2. The van der Waals surface area contributed by atoms with Crippen LogP contribution >= 0.6 is 0 Å². The zero-order chi connectivity index (χ0) is 25.7. The Bertz CT molecular complexity index is 1690. The van der Waals surface area contributed by atoms with Crippen molar-refractivity contribution in [3.63, 3.8) is 0 Å². The Labute approximate surface area is 221 Å². The Kier molecular flexibility index (Phi) is 4.89. The number of nitrogens with zero attached hydrogens (tertiary/aromatic N) is 1. The van der Waals surface area contributed by atoms with Crippen molar-refractivity contribution < 1.29 is 9.59 Å². The highest BCUT2D eigenvalue weighted by molar-refractivity contribution is 6.35. The third kappa shape index (κ3) is 2.71. The summed E-state index contributed by atoms with van der Waals surface area (Å²) in [5, 5.41) is 0. The van der Waals surface area contributed by atoms with Crippen LogP contribution in [-0.2, 0) is 15.6 Å². The Hall–Kier alpha value is -4.89. The molecule has 2 aliphatic rings. The van der Waals surface area contributed by atoms with E-state index in [4.69, 9.17) is 4.99 Å². The van der Waals surface area contributed by atoms with Gasteiger partial charge < -0.3 is 0 Å². The summed E-state index contributed by atoms with van der Waals surface area (Å²) in [6.07, 6.45) is 0. The Morgan fingerprint density at radius 3 is 1.61 bits per heavy atom. The Morgan fingerprint density at radius 2 is 1.03 bits per heavy atom. The van der Waals surface area contributed by atoms with E-state index >= 15 is 4.79 Å². The summed E-state index contributed by atoms with van der Waals surface area (Å²) in [7, 11) is 0. The van der Waals surface area contributed by atoms with Crippen LogP contribution in [0.1, 0.15) is 32.6 Å². The fourth-order valence-electron chi connectivity index (χ4n) is 6.61. The smallest absolute Gasteiger partial charge is 0.266 e. The molecule has 5 aromatic rings. The minimum Gasteiger partial charge on any atom is -0.293 e. The first-order valence-corrected chi connectivity index (χ1v) is 12.7. The number of amides is 1. The monoisotopic (exact) mass is 489 g/mol. The van der Waals surface area contributed by atoms with E-state index in [0.29, 0.717) is 16.8 Å². The average molecular weight is 490 g/mol. The standard InChI is InChI=1S/C35H23NO2/c37-32(25-16-6-2-7-17-25)34(26-18-8-3-9-19-26)33(38)36-31(24-14-4-1-5-15-24)35(34)29-22-12-10-20-27(29)28-21-11-13-23-30(28)35/h1-23H. The molecule has 0 bridgehead atoms. The molecule has 1 atom stereocenters. The van der Waals surface area contributed by atoms with Gasteiger partial charge in [-0.2, -0.15) is 0 Å². The molecule has 5 aromatic carbocycles. The summed E-state index contributed by atoms with van der Waals surface area (Å²) in [4.78, 5) is 34.5. The first-order valence-electron chi connectivity index (χ1n) is 12.7. The van der Waals surface area contributed by atoms with Crippen LogP contribution in [0.15, 0.2) is 145 Å². The third-order valence-corrected chi connectivity index (χ3v) is 8.03. The molecule has 1 spiro atoms. The SMILES string of the molecule is O=C1N=C(c2ccccc2)C2(c3ccccc3-c3ccccc32)C1(C(=O)c1ccccc1)c1ccccc1. The van der Waals surface area contributed by atoms with Crippen LogP contribution in [0.2, 0.25) is 0 Å². The fraction of sp³-hybridized carbons (Fsp3) is 0.0571. The van der Waals surface area contributed by atoms with Gasteiger partial charge in [0.05, 0.1) is 11.1 Å². The Morgan fingerprint density at radius 1 is 0.553 bits per heavy atom. The molecule has 3 heteroatoms. The van der Waals surface area contributed by atoms with Gasteiger partial charge in [0.1, 0.15) is 0 Å². The molecule has 7 rings (SSSR count). The molecule has 1 amide bonds. The van der Waals surface area contributed by atoms with E-state index in [9.17, 15) is 4.79 Å². The van der Waals surface area contributed by atoms with Gasteiger partial charge in [0, 0.05) is 5.56 Å². The molecule has 0 saturated heterocycles. The molecule has 0 saturated carbocycles. The predicted molar refractivity (Wildman–Crippen MR) is 150 cm³/mol. The number of hydrogen-bond donors (Lipinski definition) is 0. The molecule has 0 N–H and O–H groups in total. The molecule has 3 nitrogen and oxygen atoms in total. The van der Waals surface area contributed by atoms with E-state index in [0.717, 1.165) is 27.8 Å². The molecule has 38 heavy (non-hydrogen) atoms. The largest absolute Gasteiger partial charge is 0.293 e. The second-order valence-electron chi connectivity index (χ2n) is 9.78. The van der Waals surface area contributed by atoms with Gasteiger partial charge in [-0.15, -0.1) is 0 Å². The average Bonchev–Trinajstić information content (AvgIpc) is 3.45. The highest BCUT2D eigenvalue weighted by Gasteiger charge is 2.72. The van der Waals surface area contributed by atoms with Crippen molar-refractivity contribution in [2.45, 2.75) is 10.8 Å². The van der Waals surface area contributed by atoms with Gasteiger partial charge in [-0.25, -0.2) is 4.99 Å². The molecule has 0 aromatic heterocycles. The maximum atomic E-state index is 15.0. The van der Waals surface area contributed by atoms with E-state index in [1.165, 1.54) is 0 Å². The van der Waals surface area contributed by atoms with Gasteiger partial charge in [0.2, 0.25) is 0 Å². The molecular weight excluding hydrogens is 466 g/mol. The summed E-state index contributed by atoms with van der Waals surface area (Å²) in [6, 6.07) is 44.7. The first kappa shape index (κ1) is 22.3. The number of Topliss-reactive ketones (excluding diaryl/α,β-unsaturated/α-hetero) is 1. The van der Waals surface area contributed by atoms with Crippen molar-refractivity contribution in [1.82, 2.24) is 0 Å². The Balaban J connectivity index is 1.70. The minimum absolute atomic E-state index is 0.254. The quantitative estimate of drug-likeness (QED) is 0.206. The van der Waals surface area contributed by atoms with Gasteiger partial charge in [-0.3, -0.25) is 9.59 Å². The number of carbonyl (C=O) groups is 2. The molecule has 1 heterocycles. The van der Waals surface area contributed by atoms with Crippen LogP contribution in [-0.4, -0.2) is 17.4 Å². The maximum absolute atomic E-state index is 15.0. The number of fused-ring (bicyclic) bond motifs is 5. The van der Waals surface area contributed by atoms with Crippen LogP contribution < -0.4 is 0 Å². The zero-order valence-corrected chi connectivity index (χ0v) is 20.5. The first-order chi connectivity index (χ1) is 18.7. The number of rotatable bonds is 4. The highest BCUT2D eigenvalue weighted by atomic mass is 16.2. The van der Waals surface area contributed by atoms with Crippen molar-refractivity contribution in [3.05, 3.63) is 167 Å². The van der Waals surface area contributed by atoms with Crippen molar-refractivity contribution in [1.29, 1.82) is 0 Å². The van der Waals surface area contributed by atoms with Crippen molar-refractivity contribution in [3.8, 4) is 11.1 Å². The maximum Gasteiger partial charge on any atom is 0.266 e. The zero-order valence-electron chi connectivity index (χ0n) is 20.5. The number of benzene rings is 5. The van der Waals surface area contributed by atoms with Crippen LogP contribution in [0.25, 0.3) is 11.1 Å². The second-order valence-corrected chi connectivity index (χ2v) is 9.78. The summed E-state index contributed by atoms with van der Waals surface area (Å²) >= 11 is 0. The minimum atomic E-state index is -1.64. The summed E-state index contributed by atoms with van der Waals surface area (Å²) in [6.45, 7) is 0. The molecule has 0 fully saturated rings. The lowest BCUT2D eigenvalue weighted by atomic mass is 9.51. The summed E-state index contributed by atoms with van der Waals surface area (Å²) < 4.78 is 0. The van der Waals surface area contributed by atoms with Crippen LogP contribution in [0.4, 0.5) is 0 Å². The van der Waals surface area contributed by atoms with E-state index in [-0.39, 0.29) is 5.78 Å². The van der Waals surface area contributed by atoms with Crippen LogP contribution in [0, 0.1) is 0 Å². The molecule has 0 radical (unpaired) electrons. The van der Waals surface area contributed by atoms with Crippen LogP contribution in [0.5, 0.6) is 0 Å². The predicted octanol–water partition coefficient (Wildman–Crippen LogP) is 6.80. The van der Waals surface area contributed by atoms with E-state index in [2.05, 4.69) is 24.3 Å². The molecule has 1 unspecified atom stereocenters. The lowest BCUT2D eigenvalue weighted by Gasteiger charge is -2.43. The van der Waals surface area contributed by atoms with Gasteiger partial charge >= 0.3 is 0 Å². The van der Waals surface area contributed by atoms with Gasteiger partial charge in [-0.05, 0) is 33.4 Å². The molecule has 1 aliphatic heterocycles. The summed E-state index contributed by atoms with van der Waals surface area (Å²) in [5.74, 6) is -0.696. The second kappa shape index (κ2) is 8.32. The van der Waals surface area contributed by atoms with E-state index in [1.54, 1.807) is 12.1 Å². The van der Waals surface area contributed by atoms with Gasteiger partial charge in [-0.1, -0.05) is 140 Å². The third-order valence-electron chi connectivity index (χ3n) is 8.03. The van der Waals surface area contributed by atoms with E-state index < -0.39 is 16.7 Å². The van der Waals surface area contributed by atoms with Crippen molar-refractivity contribution in [2.75, 3.05) is 0 Å². The highest BCUT2D eigenvalue weighted by Crippen LogP contribution is 2.63. The fourth-order valence-corrected chi connectivity index (χ4v) is 6.61. The summed E-state index contributed by atoms with van der Waals surface area (Å²) in [5.41, 5.74) is 3.63. The lowest BCUT2D eigenvalue weighted by Crippen LogP contribution is -2.58. The van der Waals surface area contributed by atoms with Crippen molar-refractivity contribution >= 4 is 17.4 Å². The van der Waals surface area contributed by atoms with Gasteiger partial charge in [0.15, 0.2) is 11.2 Å². The van der Waals surface area contributed by atoms with Crippen LogP contribution in [0.3, 0.4) is 0 Å².